The van der Waals surface area contributed by atoms with Crippen LogP contribution in [0.3, 0.4) is 0 Å². The number of halogens is 2. The predicted molar refractivity (Wildman–Crippen MR) is 77.1 cm³/mol. The molecule has 2 aliphatic rings. The van der Waals surface area contributed by atoms with Gasteiger partial charge in [-0.15, -0.1) is 0 Å². The van der Waals surface area contributed by atoms with Crippen molar-refractivity contribution in [3.63, 3.8) is 0 Å². The van der Waals surface area contributed by atoms with Gasteiger partial charge in [0.25, 0.3) is 6.43 Å². The van der Waals surface area contributed by atoms with Crippen LogP contribution < -0.4 is 5.32 Å². The van der Waals surface area contributed by atoms with Crippen LogP contribution in [0.5, 0.6) is 0 Å². The van der Waals surface area contributed by atoms with E-state index >= 15 is 0 Å². The van der Waals surface area contributed by atoms with E-state index in [-0.39, 0.29) is 5.56 Å². The van der Waals surface area contributed by atoms with Gasteiger partial charge in [0, 0.05) is 5.56 Å². The molecule has 1 saturated carbocycles. The fraction of sp³-hybridized carbons (Fsp3) is 0.647. The maximum Gasteiger partial charge on any atom is 0.263 e. The average Bonchev–Trinajstić information content (AvgIpc) is 3.01. The van der Waals surface area contributed by atoms with Crippen molar-refractivity contribution in [3.05, 3.63) is 35.4 Å². The maximum atomic E-state index is 12.7. The number of hydrogen-bond donors (Lipinski definition) is 1. The first kappa shape index (κ1) is 14.0. The van der Waals surface area contributed by atoms with Gasteiger partial charge in [0.2, 0.25) is 0 Å². The lowest BCUT2D eigenvalue weighted by Crippen LogP contribution is -2.38. The lowest BCUT2D eigenvalue weighted by molar-refractivity contribution is 0.151. The molecule has 0 aromatic heterocycles. The Hall–Kier alpha value is -0.960. The number of piperidine rings is 1. The van der Waals surface area contributed by atoms with Crippen LogP contribution in [0.25, 0.3) is 0 Å². The van der Waals surface area contributed by atoms with Crippen LogP contribution in [0.4, 0.5) is 8.78 Å². The van der Waals surface area contributed by atoms with Crippen LogP contribution in [-0.4, -0.2) is 13.1 Å². The Balaban J connectivity index is 1.78. The molecule has 1 N–H and O–H groups in total. The van der Waals surface area contributed by atoms with E-state index in [4.69, 9.17) is 0 Å². The van der Waals surface area contributed by atoms with E-state index in [1.54, 1.807) is 12.1 Å². The SMILES string of the molecule is FC(F)c1ccc(C2CCNCC2C2CCCC2)cc1. The molecule has 1 nitrogen and oxygen atoms in total. The Bertz CT molecular complexity index is 423. The van der Waals surface area contributed by atoms with E-state index in [1.807, 2.05) is 12.1 Å². The minimum absolute atomic E-state index is 0.139. The summed E-state index contributed by atoms with van der Waals surface area (Å²) in [5.74, 6) is 2.05. The number of benzene rings is 1. The molecule has 3 rings (SSSR count). The standard InChI is InChI=1S/C17H23F2N/c18-17(19)14-7-5-13(6-8-14)15-9-10-20-11-16(15)12-3-1-2-4-12/h5-8,12,15-17,20H,1-4,9-11H2. The van der Waals surface area contributed by atoms with E-state index in [0.29, 0.717) is 11.8 Å². The summed E-state index contributed by atoms with van der Waals surface area (Å²) < 4.78 is 25.3. The number of rotatable bonds is 3. The lowest BCUT2D eigenvalue weighted by Gasteiger charge is -2.36. The van der Waals surface area contributed by atoms with Crippen molar-refractivity contribution in [1.82, 2.24) is 5.32 Å². The second kappa shape index (κ2) is 6.21. The summed E-state index contributed by atoms with van der Waals surface area (Å²) >= 11 is 0. The third-order valence-electron chi connectivity index (χ3n) is 5.15. The molecule has 3 heteroatoms. The highest BCUT2D eigenvalue weighted by molar-refractivity contribution is 5.27. The van der Waals surface area contributed by atoms with Crippen LogP contribution in [0, 0.1) is 11.8 Å². The monoisotopic (exact) mass is 279 g/mol. The molecule has 1 heterocycles. The lowest BCUT2D eigenvalue weighted by atomic mass is 9.73. The van der Waals surface area contributed by atoms with E-state index in [2.05, 4.69) is 5.32 Å². The zero-order valence-corrected chi connectivity index (χ0v) is 11.8. The second-order valence-electron chi connectivity index (χ2n) is 6.28. The van der Waals surface area contributed by atoms with Crippen molar-refractivity contribution in [2.45, 2.75) is 44.4 Å². The van der Waals surface area contributed by atoms with E-state index in [9.17, 15) is 8.78 Å². The van der Waals surface area contributed by atoms with Gasteiger partial charge < -0.3 is 5.32 Å². The van der Waals surface area contributed by atoms with Gasteiger partial charge in [-0.3, -0.25) is 0 Å². The van der Waals surface area contributed by atoms with E-state index in [1.165, 1.54) is 31.2 Å². The predicted octanol–water partition coefficient (Wildman–Crippen LogP) is 4.51. The molecule has 1 aliphatic carbocycles. The zero-order chi connectivity index (χ0) is 13.9. The smallest absolute Gasteiger partial charge is 0.263 e. The first-order chi connectivity index (χ1) is 9.75. The van der Waals surface area contributed by atoms with Gasteiger partial charge in [0.1, 0.15) is 0 Å². The molecule has 20 heavy (non-hydrogen) atoms. The Morgan fingerprint density at radius 3 is 2.35 bits per heavy atom. The van der Waals surface area contributed by atoms with Gasteiger partial charge in [0.15, 0.2) is 0 Å². The highest BCUT2D eigenvalue weighted by atomic mass is 19.3. The molecule has 1 aliphatic heterocycles. The minimum atomic E-state index is -2.36. The molecule has 1 aromatic carbocycles. The Morgan fingerprint density at radius 2 is 1.70 bits per heavy atom. The Kier molecular flexibility index (Phi) is 4.35. The molecular formula is C17H23F2N. The van der Waals surface area contributed by atoms with Crippen LogP contribution in [-0.2, 0) is 0 Å². The third kappa shape index (κ3) is 2.88. The normalized spacial score (nSPS) is 28.1. The van der Waals surface area contributed by atoms with Crippen molar-refractivity contribution in [2.75, 3.05) is 13.1 Å². The van der Waals surface area contributed by atoms with Gasteiger partial charge in [-0.25, -0.2) is 8.78 Å². The van der Waals surface area contributed by atoms with Crippen molar-refractivity contribution < 1.29 is 8.78 Å². The molecular weight excluding hydrogens is 256 g/mol. The topological polar surface area (TPSA) is 12.0 Å². The largest absolute Gasteiger partial charge is 0.316 e. The molecule has 2 atom stereocenters. The van der Waals surface area contributed by atoms with E-state index < -0.39 is 6.43 Å². The van der Waals surface area contributed by atoms with Crippen molar-refractivity contribution in [2.24, 2.45) is 11.8 Å². The van der Waals surface area contributed by atoms with Crippen LogP contribution >= 0.6 is 0 Å². The first-order valence-corrected chi connectivity index (χ1v) is 7.84. The Morgan fingerprint density at radius 1 is 1.00 bits per heavy atom. The summed E-state index contributed by atoms with van der Waals surface area (Å²) in [6.45, 7) is 2.14. The van der Waals surface area contributed by atoms with Gasteiger partial charge in [-0.05, 0) is 42.8 Å². The summed E-state index contributed by atoms with van der Waals surface area (Å²) in [6.07, 6.45) is 4.18. The molecule has 1 saturated heterocycles. The van der Waals surface area contributed by atoms with Crippen molar-refractivity contribution in [1.29, 1.82) is 0 Å². The minimum Gasteiger partial charge on any atom is -0.316 e. The highest BCUT2D eigenvalue weighted by Crippen LogP contribution is 2.42. The van der Waals surface area contributed by atoms with Crippen molar-refractivity contribution >= 4 is 0 Å². The number of nitrogens with one attached hydrogen (secondary N) is 1. The molecule has 0 amide bonds. The van der Waals surface area contributed by atoms with E-state index in [0.717, 1.165) is 25.4 Å². The van der Waals surface area contributed by atoms with Crippen LogP contribution in [0.1, 0.15) is 55.6 Å². The molecule has 0 radical (unpaired) electrons. The Labute approximate surface area is 119 Å². The highest BCUT2D eigenvalue weighted by Gasteiger charge is 2.34. The summed E-state index contributed by atoms with van der Waals surface area (Å²) in [4.78, 5) is 0. The molecule has 0 spiro atoms. The summed E-state index contributed by atoms with van der Waals surface area (Å²) in [6, 6.07) is 7.07. The quantitative estimate of drug-likeness (QED) is 0.858. The van der Waals surface area contributed by atoms with Gasteiger partial charge in [-0.1, -0.05) is 49.9 Å². The summed E-state index contributed by atoms with van der Waals surface area (Å²) in [7, 11) is 0. The third-order valence-corrected chi connectivity index (χ3v) is 5.15. The molecule has 110 valence electrons. The molecule has 1 aromatic rings. The molecule has 2 unspecified atom stereocenters. The second-order valence-corrected chi connectivity index (χ2v) is 6.28. The van der Waals surface area contributed by atoms with Gasteiger partial charge in [-0.2, -0.15) is 0 Å². The van der Waals surface area contributed by atoms with Crippen LogP contribution in [0.2, 0.25) is 0 Å². The molecule has 0 bridgehead atoms. The number of hydrogen-bond acceptors (Lipinski definition) is 1. The fourth-order valence-electron chi connectivity index (χ4n) is 4.07. The fourth-order valence-corrected chi connectivity index (χ4v) is 4.07. The maximum absolute atomic E-state index is 12.7. The van der Waals surface area contributed by atoms with Crippen LogP contribution in [0.15, 0.2) is 24.3 Å². The first-order valence-electron chi connectivity index (χ1n) is 7.84. The van der Waals surface area contributed by atoms with Crippen molar-refractivity contribution in [3.8, 4) is 0 Å². The van der Waals surface area contributed by atoms with Gasteiger partial charge in [0.05, 0.1) is 0 Å². The zero-order valence-electron chi connectivity index (χ0n) is 11.8. The molecule has 2 fully saturated rings. The summed E-state index contributed by atoms with van der Waals surface area (Å²) in [5.41, 5.74) is 1.40. The van der Waals surface area contributed by atoms with Gasteiger partial charge >= 0.3 is 0 Å². The summed E-state index contributed by atoms with van der Waals surface area (Å²) in [5, 5.41) is 3.52. The average molecular weight is 279 g/mol. The number of alkyl halides is 2.